The summed E-state index contributed by atoms with van der Waals surface area (Å²) in [4.78, 5) is 12.9. The highest BCUT2D eigenvalue weighted by Crippen LogP contribution is 2.29. The van der Waals surface area contributed by atoms with Crippen LogP contribution >= 0.6 is 0 Å². The zero-order valence-corrected chi connectivity index (χ0v) is 16.4. The second kappa shape index (κ2) is 8.38. The molecule has 4 rings (SSSR count). The number of rotatable bonds is 5. The summed E-state index contributed by atoms with van der Waals surface area (Å²) in [5.74, 6) is -0.156. The number of methoxy groups -OCH3 is 1. The zero-order chi connectivity index (χ0) is 20.4. The van der Waals surface area contributed by atoms with Crippen molar-refractivity contribution in [2.24, 2.45) is 0 Å². The van der Waals surface area contributed by atoms with Gasteiger partial charge in [0.05, 0.1) is 6.54 Å². The van der Waals surface area contributed by atoms with Crippen LogP contribution in [0.1, 0.15) is 31.2 Å². The van der Waals surface area contributed by atoms with E-state index in [9.17, 15) is 8.78 Å². The van der Waals surface area contributed by atoms with Gasteiger partial charge in [-0.25, -0.2) is 8.78 Å². The summed E-state index contributed by atoms with van der Waals surface area (Å²) in [6.07, 6.45) is 2.25. The van der Waals surface area contributed by atoms with E-state index in [1.165, 1.54) is 6.07 Å². The summed E-state index contributed by atoms with van der Waals surface area (Å²) in [6, 6.07) is 4.03. The normalized spacial score (nSPS) is 16.9. The molecule has 1 atom stereocenters. The average molecular weight is 403 g/mol. The quantitative estimate of drug-likeness (QED) is 0.647. The van der Waals surface area contributed by atoms with Crippen LogP contribution in [0.5, 0.6) is 0 Å². The molecule has 9 heteroatoms. The minimum Gasteiger partial charge on any atom is -0.374 e. The van der Waals surface area contributed by atoms with Crippen LogP contribution in [0.25, 0.3) is 10.9 Å². The number of hydrogen-bond donors (Lipinski definition) is 0. The Morgan fingerprint density at radius 3 is 2.90 bits per heavy atom. The van der Waals surface area contributed by atoms with Crippen molar-refractivity contribution in [2.75, 3.05) is 38.2 Å². The summed E-state index contributed by atoms with van der Waals surface area (Å²) >= 11 is 0. The van der Waals surface area contributed by atoms with E-state index in [0.29, 0.717) is 30.2 Å². The molecule has 3 aromatic rings. The predicted octanol–water partition coefficient (Wildman–Crippen LogP) is 3.32. The molecule has 1 aromatic carbocycles. The van der Waals surface area contributed by atoms with Crippen LogP contribution in [-0.2, 0) is 11.3 Å². The average Bonchev–Trinajstić information content (AvgIpc) is 3.05. The third-order valence-corrected chi connectivity index (χ3v) is 5.23. The summed E-state index contributed by atoms with van der Waals surface area (Å²) < 4.78 is 38.4. The molecule has 1 saturated heterocycles. The molecule has 2 aromatic heterocycles. The molecule has 1 aliphatic heterocycles. The van der Waals surface area contributed by atoms with E-state index in [4.69, 9.17) is 9.26 Å². The number of pyridine rings is 1. The van der Waals surface area contributed by atoms with Gasteiger partial charge in [0.2, 0.25) is 5.89 Å². The molecule has 0 bridgehead atoms. The van der Waals surface area contributed by atoms with Crippen molar-refractivity contribution in [1.82, 2.24) is 20.0 Å². The fourth-order valence-electron chi connectivity index (χ4n) is 3.60. The molecule has 0 N–H and O–H groups in total. The zero-order valence-electron chi connectivity index (χ0n) is 16.4. The predicted molar refractivity (Wildman–Crippen MR) is 103 cm³/mol. The maximum Gasteiger partial charge on any atom is 0.240 e. The molecule has 7 nitrogen and oxygen atoms in total. The van der Waals surface area contributed by atoms with E-state index in [2.05, 4.69) is 24.9 Å². The second-order valence-corrected chi connectivity index (χ2v) is 7.15. The van der Waals surface area contributed by atoms with E-state index >= 15 is 0 Å². The van der Waals surface area contributed by atoms with Crippen LogP contribution in [-0.4, -0.2) is 53.3 Å². The third kappa shape index (κ3) is 4.20. The van der Waals surface area contributed by atoms with Crippen LogP contribution in [0.4, 0.5) is 14.5 Å². The number of anilines is 1. The molecule has 29 heavy (non-hydrogen) atoms. The highest BCUT2D eigenvalue weighted by atomic mass is 19.1. The lowest BCUT2D eigenvalue weighted by molar-refractivity contribution is 0.109. The molecule has 0 radical (unpaired) electrons. The Kier molecular flexibility index (Phi) is 5.68. The van der Waals surface area contributed by atoms with E-state index in [0.717, 1.165) is 37.8 Å². The number of hydrogen-bond acceptors (Lipinski definition) is 7. The van der Waals surface area contributed by atoms with Gasteiger partial charge in [-0.15, -0.1) is 0 Å². The number of benzene rings is 1. The van der Waals surface area contributed by atoms with Crippen LogP contribution in [0.15, 0.2) is 28.9 Å². The van der Waals surface area contributed by atoms with Crippen molar-refractivity contribution in [3.8, 4) is 0 Å². The molecular weight excluding hydrogens is 380 g/mol. The highest BCUT2D eigenvalue weighted by molar-refractivity contribution is 5.92. The maximum absolute atomic E-state index is 14.1. The molecule has 0 amide bonds. The molecule has 0 spiro atoms. The Hall–Kier alpha value is -2.65. The Balaban J connectivity index is 1.48. The molecule has 1 fully saturated rings. The first-order valence-electron chi connectivity index (χ1n) is 9.61. The summed E-state index contributed by atoms with van der Waals surface area (Å²) in [5, 5.41) is 4.46. The lowest BCUT2D eigenvalue weighted by Gasteiger charge is -2.24. The lowest BCUT2D eigenvalue weighted by Crippen LogP contribution is -2.30. The monoisotopic (exact) mass is 403 g/mol. The SMILES string of the molecule is COC(C)c1noc(CN2CCCN(c3ccnc4c(F)cc(F)cc34)CC2)n1. The fraction of sp³-hybridized carbons (Fsp3) is 0.450. The summed E-state index contributed by atoms with van der Waals surface area (Å²) in [6.45, 7) is 5.54. The molecule has 0 aliphatic carbocycles. The van der Waals surface area contributed by atoms with Gasteiger partial charge in [-0.05, 0) is 25.5 Å². The number of halogens is 2. The van der Waals surface area contributed by atoms with Crippen LogP contribution < -0.4 is 4.90 Å². The largest absolute Gasteiger partial charge is 0.374 e. The van der Waals surface area contributed by atoms with Crippen molar-refractivity contribution in [1.29, 1.82) is 0 Å². The van der Waals surface area contributed by atoms with Crippen LogP contribution in [0.3, 0.4) is 0 Å². The number of aromatic nitrogens is 3. The van der Waals surface area contributed by atoms with Gasteiger partial charge < -0.3 is 14.2 Å². The van der Waals surface area contributed by atoms with Gasteiger partial charge in [-0.3, -0.25) is 9.88 Å². The topological polar surface area (TPSA) is 67.5 Å². The van der Waals surface area contributed by atoms with Crippen LogP contribution in [0, 0.1) is 11.6 Å². The van der Waals surface area contributed by atoms with Crippen LogP contribution in [0.2, 0.25) is 0 Å². The molecule has 3 heterocycles. The second-order valence-electron chi connectivity index (χ2n) is 7.15. The first-order valence-corrected chi connectivity index (χ1v) is 9.61. The maximum atomic E-state index is 14.1. The minimum absolute atomic E-state index is 0.190. The van der Waals surface area contributed by atoms with Gasteiger partial charge in [-0.2, -0.15) is 4.98 Å². The van der Waals surface area contributed by atoms with Crippen molar-refractivity contribution in [3.63, 3.8) is 0 Å². The van der Waals surface area contributed by atoms with Gasteiger partial charge in [0.15, 0.2) is 11.6 Å². The Labute approximate surface area is 167 Å². The summed E-state index contributed by atoms with van der Waals surface area (Å²) in [5.41, 5.74) is 0.986. The molecular formula is C20H23F2N5O2. The Morgan fingerprint density at radius 2 is 2.07 bits per heavy atom. The van der Waals surface area contributed by atoms with Crippen molar-refractivity contribution in [2.45, 2.75) is 26.0 Å². The smallest absolute Gasteiger partial charge is 0.240 e. The van der Waals surface area contributed by atoms with Gasteiger partial charge in [0, 0.05) is 56.6 Å². The van der Waals surface area contributed by atoms with E-state index < -0.39 is 11.6 Å². The molecule has 1 aliphatic rings. The van der Waals surface area contributed by atoms with Crippen molar-refractivity contribution in [3.05, 3.63) is 47.7 Å². The molecule has 154 valence electrons. The Morgan fingerprint density at radius 1 is 1.21 bits per heavy atom. The molecule has 0 saturated carbocycles. The number of ether oxygens (including phenoxy) is 1. The highest BCUT2D eigenvalue weighted by Gasteiger charge is 2.21. The Bertz CT molecular complexity index is 996. The first-order chi connectivity index (χ1) is 14.0. The number of fused-ring (bicyclic) bond motifs is 1. The molecule has 1 unspecified atom stereocenters. The van der Waals surface area contributed by atoms with Gasteiger partial charge in [0.1, 0.15) is 17.4 Å². The summed E-state index contributed by atoms with van der Waals surface area (Å²) in [7, 11) is 1.60. The standard InChI is InChI=1S/C20H23F2N5O2/c1-13(28-2)20-24-18(29-25-20)12-26-6-3-7-27(9-8-26)17-4-5-23-19-15(17)10-14(21)11-16(19)22/h4-5,10-11,13H,3,6-9,12H2,1-2H3. The lowest BCUT2D eigenvalue weighted by atomic mass is 10.1. The first kappa shape index (κ1) is 19.7. The minimum atomic E-state index is -0.643. The van der Waals surface area contributed by atoms with Crippen molar-refractivity contribution >= 4 is 16.6 Å². The third-order valence-electron chi connectivity index (χ3n) is 5.23. The van der Waals surface area contributed by atoms with Gasteiger partial charge in [-0.1, -0.05) is 5.16 Å². The van der Waals surface area contributed by atoms with Crippen molar-refractivity contribution < 1.29 is 18.0 Å². The van der Waals surface area contributed by atoms with E-state index in [1.54, 1.807) is 13.3 Å². The fourth-order valence-corrected chi connectivity index (χ4v) is 3.60. The van der Waals surface area contributed by atoms with E-state index in [-0.39, 0.29) is 11.6 Å². The number of nitrogens with zero attached hydrogens (tertiary/aromatic N) is 5. The van der Waals surface area contributed by atoms with E-state index in [1.807, 2.05) is 13.0 Å². The van der Waals surface area contributed by atoms with Gasteiger partial charge in [0.25, 0.3) is 0 Å². The van der Waals surface area contributed by atoms with Gasteiger partial charge >= 0.3 is 0 Å².